The van der Waals surface area contributed by atoms with Crippen LogP contribution in [0.15, 0.2) is 24.8 Å². The summed E-state index contributed by atoms with van der Waals surface area (Å²) in [7, 11) is 0. The lowest BCUT2D eigenvalue weighted by Gasteiger charge is -2.01. The van der Waals surface area contributed by atoms with Crippen LogP contribution in [0, 0.1) is 24.0 Å². The molecule has 0 heterocycles. The van der Waals surface area contributed by atoms with E-state index in [1.165, 1.54) is 18.2 Å². The Hall–Kier alpha value is -1.62. The number of halogens is 2. The molecule has 2 heteroatoms. The van der Waals surface area contributed by atoms with E-state index in [1.54, 1.807) is 0 Å². The summed E-state index contributed by atoms with van der Waals surface area (Å²) in [4.78, 5) is 0. The number of terminal acetylenes is 1. The van der Waals surface area contributed by atoms with Gasteiger partial charge in [0.1, 0.15) is 0 Å². The molecule has 0 fully saturated rings. The van der Waals surface area contributed by atoms with Crippen molar-refractivity contribution in [2.45, 2.75) is 6.42 Å². The molecule has 1 aromatic carbocycles. The first-order valence-electron chi connectivity index (χ1n) is 3.75. The van der Waals surface area contributed by atoms with Crippen LogP contribution in [0.2, 0.25) is 0 Å². The number of rotatable bonds is 2. The van der Waals surface area contributed by atoms with Gasteiger partial charge in [0.2, 0.25) is 0 Å². The predicted octanol–water partition coefficient (Wildman–Crippen LogP) is 2.67. The maximum Gasteiger partial charge on any atom is 0.174 e. The third kappa shape index (κ3) is 1.75. The van der Waals surface area contributed by atoms with E-state index in [0.717, 1.165) is 0 Å². The molecule has 1 aromatic rings. The van der Waals surface area contributed by atoms with Crippen LogP contribution in [0.3, 0.4) is 0 Å². The highest BCUT2D eigenvalue weighted by atomic mass is 19.2. The van der Waals surface area contributed by atoms with Gasteiger partial charge in [0.05, 0.1) is 5.56 Å². The van der Waals surface area contributed by atoms with Gasteiger partial charge < -0.3 is 0 Å². The van der Waals surface area contributed by atoms with Gasteiger partial charge in [-0.25, -0.2) is 8.78 Å². The van der Waals surface area contributed by atoms with E-state index in [0.29, 0.717) is 6.42 Å². The van der Waals surface area contributed by atoms with Crippen molar-refractivity contribution in [3.8, 4) is 12.3 Å². The van der Waals surface area contributed by atoms with E-state index >= 15 is 0 Å². The van der Waals surface area contributed by atoms with E-state index in [9.17, 15) is 8.78 Å². The fourth-order valence-electron chi connectivity index (χ4n) is 1.01. The summed E-state index contributed by atoms with van der Waals surface area (Å²) in [5.74, 6) is 0.229. The summed E-state index contributed by atoms with van der Waals surface area (Å²) < 4.78 is 26.2. The zero-order valence-corrected chi connectivity index (χ0v) is 6.98. The fraction of sp³-hybridized carbons (Fsp3) is 0.0909. The summed E-state index contributed by atoms with van der Waals surface area (Å²) in [6.45, 7) is 3.44. The standard InChI is InChI=1S/C11H8F2/c1-3-5-9-7-6-8(4-2)10(12)11(9)13/h2-3,6-7H,1,5H2. The number of hydrogen-bond donors (Lipinski definition) is 0. The first-order chi connectivity index (χ1) is 6.20. The largest absolute Gasteiger partial charge is 0.203 e. The second-order valence-electron chi connectivity index (χ2n) is 2.54. The minimum Gasteiger partial charge on any atom is -0.203 e. The van der Waals surface area contributed by atoms with Crippen LogP contribution in [0.4, 0.5) is 8.78 Å². The van der Waals surface area contributed by atoms with Gasteiger partial charge in [-0.1, -0.05) is 18.1 Å². The van der Waals surface area contributed by atoms with Gasteiger partial charge in [-0.15, -0.1) is 13.0 Å². The number of hydrogen-bond acceptors (Lipinski definition) is 0. The zero-order chi connectivity index (χ0) is 9.84. The molecule has 0 spiro atoms. The Kier molecular flexibility index (Phi) is 2.81. The normalized spacial score (nSPS) is 9.31. The van der Waals surface area contributed by atoms with Crippen LogP contribution in [-0.4, -0.2) is 0 Å². The summed E-state index contributed by atoms with van der Waals surface area (Å²) in [5.41, 5.74) is 0.219. The second kappa shape index (κ2) is 3.86. The van der Waals surface area contributed by atoms with Crippen molar-refractivity contribution in [2.75, 3.05) is 0 Å². The smallest absolute Gasteiger partial charge is 0.174 e. The quantitative estimate of drug-likeness (QED) is 0.482. The monoisotopic (exact) mass is 178 g/mol. The molecule has 1 rings (SSSR count). The van der Waals surface area contributed by atoms with Gasteiger partial charge in [-0.3, -0.25) is 0 Å². The molecule has 0 aliphatic carbocycles. The Balaban J connectivity index is 3.24. The third-order valence-corrected chi connectivity index (χ3v) is 1.68. The lowest BCUT2D eigenvalue weighted by Crippen LogP contribution is -1.96. The van der Waals surface area contributed by atoms with Crippen molar-refractivity contribution >= 4 is 0 Å². The Bertz CT molecular complexity index is 372. The second-order valence-corrected chi connectivity index (χ2v) is 2.54. The molecule has 0 bridgehead atoms. The topological polar surface area (TPSA) is 0 Å². The van der Waals surface area contributed by atoms with E-state index in [-0.39, 0.29) is 11.1 Å². The molecule has 0 aliphatic heterocycles. The van der Waals surface area contributed by atoms with Gasteiger partial charge in [-0.2, -0.15) is 0 Å². The van der Waals surface area contributed by atoms with Crippen LogP contribution in [0.5, 0.6) is 0 Å². The average molecular weight is 178 g/mol. The van der Waals surface area contributed by atoms with Crippen molar-refractivity contribution in [1.29, 1.82) is 0 Å². The van der Waals surface area contributed by atoms with Gasteiger partial charge in [0, 0.05) is 0 Å². The third-order valence-electron chi connectivity index (χ3n) is 1.68. The van der Waals surface area contributed by atoms with Gasteiger partial charge >= 0.3 is 0 Å². The lowest BCUT2D eigenvalue weighted by atomic mass is 10.1. The fourth-order valence-corrected chi connectivity index (χ4v) is 1.01. The first-order valence-corrected chi connectivity index (χ1v) is 3.75. The van der Waals surface area contributed by atoms with Crippen molar-refractivity contribution in [3.05, 3.63) is 47.5 Å². The molecule has 0 radical (unpaired) electrons. The summed E-state index contributed by atoms with van der Waals surface area (Å²) in [5, 5.41) is 0. The summed E-state index contributed by atoms with van der Waals surface area (Å²) in [6, 6.07) is 2.85. The molecule has 0 unspecified atom stereocenters. The Labute approximate surface area is 75.9 Å². The minimum atomic E-state index is -0.957. The SMILES string of the molecule is C#Cc1ccc(CC=C)c(F)c1F. The highest BCUT2D eigenvalue weighted by Gasteiger charge is 2.10. The van der Waals surface area contributed by atoms with Crippen molar-refractivity contribution in [1.82, 2.24) is 0 Å². The number of benzene rings is 1. The molecule has 0 aliphatic rings. The van der Waals surface area contributed by atoms with Gasteiger partial charge in [-0.05, 0) is 18.1 Å². The zero-order valence-electron chi connectivity index (χ0n) is 6.98. The van der Waals surface area contributed by atoms with Gasteiger partial charge in [0.15, 0.2) is 11.6 Å². The molecule has 0 atom stereocenters. The maximum absolute atomic E-state index is 13.1. The van der Waals surface area contributed by atoms with Crippen molar-refractivity contribution in [3.63, 3.8) is 0 Å². The van der Waals surface area contributed by atoms with Crippen molar-refractivity contribution < 1.29 is 8.78 Å². The number of allylic oxidation sites excluding steroid dienone is 1. The van der Waals surface area contributed by atoms with Crippen LogP contribution in [0.25, 0.3) is 0 Å². The Morgan fingerprint density at radius 1 is 1.38 bits per heavy atom. The van der Waals surface area contributed by atoms with Crippen LogP contribution < -0.4 is 0 Å². The molecule has 0 saturated carbocycles. The summed E-state index contributed by atoms with van der Waals surface area (Å²) in [6.07, 6.45) is 6.77. The van der Waals surface area contributed by atoms with Crippen LogP contribution >= 0.6 is 0 Å². The molecule has 66 valence electrons. The Morgan fingerprint density at radius 2 is 2.08 bits per heavy atom. The molecule has 0 saturated heterocycles. The van der Waals surface area contributed by atoms with Crippen LogP contribution in [-0.2, 0) is 6.42 Å². The first kappa shape index (κ1) is 9.47. The molecule has 0 N–H and O–H groups in total. The van der Waals surface area contributed by atoms with E-state index in [1.807, 2.05) is 0 Å². The highest BCUT2D eigenvalue weighted by molar-refractivity contribution is 5.37. The average Bonchev–Trinajstić information content (AvgIpc) is 2.14. The molecule has 0 amide bonds. The minimum absolute atomic E-state index is 0.0506. The van der Waals surface area contributed by atoms with Crippen molar-refractivity contribution in [2.24, 2.45) is 0 Å². The molecular weight excluding hydrogens is 170 g/mol. The molecular formula is C11H8F2. The van der Waals surface area contributed by atoms with Crippen LogP contribution in [0.1, 0.15) is 11.1 Å². The molecule has 13 heavy (non-hydrogen) atoms. The van der Waals surface area contributed by atoms with E-state index in [4.69, 9.17) is 6.42 Å². The van der Waals surface area contributed by atoms with Gasteiger partial charge in [0.25, 0.3) is 0 Å². The lowest BCUT2D eigenvalue weighted by molar-refractivity contribution is 0.499. The van der Waals surface area contributed by atoms with E-state index in [2.05, 4.69) is 12.5 Å². The Morgan fingerprint density at radius 3 is 2.62 bits per heavy atom. The van der Waals surface area contributed by atoms with E-state index < -0.39 is 11.6 Å². The highest BCUT2D eigenvalue weighted by Crippen LogP contribution is 2.16. The molecule has 0 aromatic heterocycles. The molecule has 0 nitrogen and oxygen atoms in total. The summed E-state index contributed by atoms with van der Waals surface area (Å²) >= 11 is 0. The maximum atomic E-state index is 13.1. The predicted molar refractivity (Wildman–Crippen MR) is 48.2 cm³/mol.